The third kappa shape index (κ3) is 8.50. The van der Waals surface area contributed by atoms with E-state index in [4.69, 9.17) is 15.3 Å². The number of fused-ring (bicyclic) bond motifs is 2. The molecular weight excluding hydrogens is 554 g/mol. The first kappa shape index (κ1) is 31.5. The van der Waals surface area contributed by atoms with Gasteiger partial charge in [-0.1, -0.05) is 36.0 Å². The molecule has 0 unspecified atom stereocenters. The molecule has 3 N–H and O–H groups in total. The highest BCUT2D eigenvalue weighted by atomic mass is 32.2. The number of carboxylic acids is 2. The van der Waals surface area contributed by atoms with Gasteiger partial charge in [-0.05, 0) is 47.4 Å². The number of nitrogens with zero attached hydrogens (tertiary/aromatic N) is 3. The Hall–Kier alpha value is -3.00. The molecule has 40 heavy (non-hydrogen) atoms. The van der Waals surface area contributed by atoms with Crippen LogP contribution in [0.1, 0.15) is 17.5 Å². The SMILES string of the molecule is CN(C)S(=O)(=O)c1ccc2c(c1)C(=CCCN1CCN(CCO)CC1)c1ccccc1S2.O=C(O)C=CC(=O)O. The van der Waals surface area contributed by atoms with E-state index in [1.165, 1.54) is 9.20 Å². The average molecular weight is 590 g/mol. The summed E-state index contributed by atoms with van der Waals surface area (Å²) < 4.78 is 26.7. The van der Waals surface area contributed by atoms with E-state index in [1.54, 1.807) is 31.9 Å². The standard InChI is InChI=1S/C24H31N3O3S2.C4H4O4/c1-25(2)32(29,30)19-9-10-24-22(18-19)20(21-6-3-4-8-23(21)31-24)7-5-11-26-12-14-27(15-13-26)16-17-28;5-3(6)1-2-4(7)8/h3-4,6-10,18,28H,5,11-17H2,1-2H3;1-2H,(H,5,6)(H,7,8). The molecule has 0 spiro atoms. The maximum Gasteiger partial charge on any atom is 0.328 e. The highest BCUT2D eigenvalue weighted by Gasteiger charge is 2.25. The van der Waals surface area contributed by atoms with Crippen molar-refractivity contribution < 1.29 is 33.3 Å². The zero-order valence-electron chi connectivity index (χ0n) is 22.6. The van der Waals surface area contributed by atoms with E-state index in [0.29, 0.717) is 17.0 Å². The van der Waals surface area contributed by atoms with Crippen LogP contribution in [0.25, 0.3) is 5.57 Å². The van der Waals surface area contributed by atoms with Crippen LogP contribution in [0, 0.1) is 0 Å². The number of benzene rings is 2. The zero-order valence-corrected chi connectivity index (χ0v) is 24.2. The molecule has 0 bridgehead atoms. The van der Waals surface area contributed by atoms with Crippen LogP contribution >= 0.6 is 11.8 Å². The second-order valence-corrected chi connectivity index (χ2v) is 12.6. The minimum atomic E-state index is -3.49. The largest absolute Gasteiger partial charge is 0.478 e. The molecule has 2 aromatic rings. The number of sulfonamides is 1. The molecule has 10 nitrogen and oxygen atoms in total. The molecule has 0 aromatic heterocycles. The lowest BCUT2D eigenvalue weighted by Crippen LogP contribution is -2.47. The van der Waals surface area contributed by atoms with Crippen LogP contribution in [0.2, 0.25) is 0 Å². The third-order valence-corrected chi connectivity index (χ3v) is 9.42. The van der Waals surface area contributed by atoms with Gasteiger partial charge in [0.15, 0.2) is 0 Å². The number of carbonyl (C=O) groups is 2. The lowest BCUT2D eigenvalue weighted by molar-refractivity contribution is -0.134. The number of aliphatic hydroxyl groups is 1. The highest BCUT2D eigenvalue weighted by molar-refractivity contribution is 7.99. The topological polar surface area (TPSA) is 139 Å². The molecule has 0 aliphatic carbocycles. The van der Waals surface area contributed by atoms with Crippen molar-refractivity contribution in [3.05, 3.63) is 71.8 Å². The summed E-state index contributed by atoms with van der Waals surface area (Å²) in [6.07, 6.45) is 4.28. The first-order valence-electron chi connectivity index (χ1n) is 12.8. The normalized spacial score (nSPS) is 16.9. The van der Waals surface area contributed by atoms with Crippen LogP contribution < -0.4 is 0 Å². The molecule has 2 heterocycles. The summed E-state index contributed by atoms with van der Waals surface area (Å²) in [6.45, 7) is 5.94. The second-order valence-electron chi connectivity index (χ2n) is 9.37. The maximum atomic E-state index is 12.7. The van der Waals surface area contributed by atoms with E-state index in [9.17, 15) is 18.0 Å². The summed E-state index contributed by atoms with van der Waals surface area (Å²) in [7, 11) is -0.362. The zero-order chi connectivity index (χ0) is 29.3. The van der Waals surface area contributed by atoms with Gasteiger partial charge in [0, 0.05) is 75.3 Å². The Morgan fingerprint density at radius 1 is 0.900 bits per heavy atom. The minimum Gasteiger partial charge on any atom is -0.478 e. The summed E-state index contributed by atoms with van der Waals surface area (Å²) in [4.78, 5) is 26.5. The first-order chi connectivity index (χ1) is 19.0. The monoisotopic (exact) mass is 589 g/mol. The van der Waals surface area contributed by atoms with Crippen LogP contribution in [-0.4, -0.2) is 110 Å². The molecule has 2 aliphatic rings. The summed E-state index contributed by atoms with van der Waals surface area (Å²) in [5.41, 5.74) is 3.27. The Morgan fingerprint density at radius 3 is 2.05 bits per heavy atom. The van der Waals surface area contributed by atoms with Crippen LogP contribution in [0.4, 0.5) is 0 Å². The van der Waals surface area contributed by atoms with Gasteiger partial charge >= 0.3 is 11.9 Å². The molecular formula is C28H35N3O7S2. The van der Waals surface area contributed by atoms with Crippen molar-refractivity contribution in [1.29, 1.82) is 0 Å². The average Bonchev–Trinajstić information content (AvgIpc) is 2.92. The smallest absolute Gasteiger partial charge is 0.328 e. The predicted molar refractivity (Wildman–Crippen MR) is 154 cm³/mol. The number of carboxylic acid groups (broad SMARTS) is 2. The van der Waals surface area contributed by atoms with Gasteiger partial charge in [0.2, 0.25) is 10.0 Å². The molecule has 1 fully saturated rings. The van der Waals surface area contributed by atoms with Gasteiger partial charge in [-0.2, -0.15) is 0 Å². The molecule has 0 saturated carbocycles. The number of piperazine rings is 1. The first-order valence-corrected chi connectivity index (χ1v) is 15.0. The van der Waals surface area contributed by atoms with E-state index in [1.807, 2.05) is 24.3 Å². The lowest BCUT2D eigenvalue weighted by Gasteiger charge is -2.34. The van der Waals surface area contributed by atoms with Gasteiger partial charge in [0.25, 0.3) is 0 Å². The number of hydrogen-bond donors (Lipinski definition) is 3. The Labute approximate surface area is 239 Å². The number of β-amino-alcohol motifs (C(OH)–C–C–N with tert-alkyl or cyclic N) is 1. The number of hydrogen-bond acceptors (Lipinski definition) is 8. The van der Waals surface area contributed by atoms with E-state index >= 15 is 0 Å². The van der Waals surface area contributed by atoms with Gasteiger partial charge in [0.05, 0.1) is 11.5 Å². The number of rotatable bonds is 9. The van der Waals surface area contributed by atoms with E-state index in [0.717, 1.165) is 67.3 Å². The van der Waals surface area contributed by atoms with Gasteiger partial charge in [-0.15, -0.1) is 0 Å². The van der Waals surface area contributed by atoms with Crippen molar-refractivity contribution in [1.82, 2.24) is 14.1 Å². The van der Waals surface area contributed by atoms with Crippen LogP contribution in [0.5, 0.6) is 0 Å². The van der Waals surface area contributed by atoms with Crippen molar-refractivity contribution in [2.75, 3.05) is 60.0 Å². The molecule has 0 radical (unpaired) electrons. The Kier molecular flexibility index (Phi) is 11.5. The predicted octanol–water partition coefficient (Wildman–Crippen LogP) is 2.54. The highest BCUT2D eigenvalue weighted by Crippen LogP contribution is 2.46. The number of aliphatic hydroxyl groups excluding tert-OH is 1. The van der Waals surface area contributed by atoms with Gasteiger partial charge in [0.1, 0.15) is 0 Å². The van der Waals surface area contributed by atoms with Crippen molar-refractivity contribution >= 4 is 39.3 Å². The molecule has 2 aromatic carbocycles. The van der Waals surface area contributed by atoms with Crippen molar-refractivity contribution in [2.24, 2.45) is 0 Å². The summed E-state index contributed by atoms with van der Waals surface area (Å²) in [5.74, 6) is -2.51. The molecule has 216 valence electrons. The Bertz CT molecular complexity index is 1350. The van der Waals surface area contributed by atoms with Crippen LogP contribution in [0.3, 0.4) is 0 Å². The fourth-order valence-electron chi connectivity index (χ4n) is 4.35. The molecule has 4 rings (SSSR count). The fraction of sp³-hybridized carbons (Fsp3) is 0.357. The minimum absolute atomic E-state index is 0.217. The molecule has 1 saturated heterocycles. The van der Waals surface area contributed by atoms with Gasteiger partial charge in [-0.25, -0.2) is 22.3 Å². The fourth-order valence-corrected chi connectivity index (χ4v) is 6.37. The van der Waals surface area contributed by atoms with Gasteiger partial charge < -0.3 is 20.2 Å². The second kappa shape index (κ2) is 14.6. The van der Waals surface area contributed by atoms with E-state index in [2.05, 4.69) is 28.0 Å². The molecule has 0 atom stereocenters. The van der Waals surface area contributed by atoms with E-state index in [-0.39, 0.29) is 6.61 Å². The van der Waals surface area contributed by atoms with Crippen molar-refractivity contribution in [3.63, 3.8) is 0 Å². The van der Waals surface area contributed by atoms with Crippen LogP contribution in [-0.2, 0) is 19.6 Å². The summed E-state index contributed by atoms with van der Waals surface area (Å²) >= 11 is 1.69. The Balaban J connectivity index is 0.000000482. The van der Waals surface area contributed by atoms with Crippen LogP contribution in [0.15, 0.2) is 75.4 Å². The Morgan fingerprint density at radius 2 is 1.48 bits per heavy atom. The van der Waals surface area contributed by atoms with Crippen molar-refractivity contribution in [3.8, 4) is 0 Å². The quantitative estimate of drug-likeness (QED) is 0.319. The lowest BCUT2D eigenvalue weighted by atomic mass is 9.96. The van der Waals surface area contributed by atoms with Crippen molar-refractivity contribution in [2.45, 2.75) is 21.1 Å². The molecule has 0 amide bonds. The molecule has 2 aliphatic heterocycles. The van der Waals surface area contributed by atoms with E-state index < -0.39 is 22.0 Å². The molecule has 12 heteroatoms. The third-order valence-electron chi connectivity index (χ3n) is 6.46. The summed E-state index contributed by atoms with van der Waals surface area (Å²) in [6, 6.07) is 13.8. The summed E-state index contributed by atoms with van der Waals surface area (Å²) in [5, 5.41) is 24.7. The number of aliphatic carboxylic acids is 2. The maximum absolute atomic E-state index is 12.7. The van der Waals surface area contributed by atoms with Gasteiger partial charge in [-0.3, -0.25) is 4.90 Å².